The molecule has 0 fully saturated rings. The van der Waals surface area contributed by atoms with E-state index < -0.39 is 0 Å². The normalized spacial score (nSPS) is 11.3. The number of rotatable bonds is 4. The van der Waals surface area contributed by atoms with Crippen LogP contribution < -0.4 is 10.2 Å². The lowest BCUT2D eigenvalue weighted by molar-refractivity contribution is -0.114. The number of nitrogens with zero attached hydrogens (tertiary/aromatic N) is 2. The van der Waals surface area contributed by atoms with Crippen LogP contribution in [0, 0.1) is 0 Å². The molecule has 0 spiro atoms. The largest absolute Gasteiger partial charge is 0.369 e. The first-order valence-corrected chi connectivity index (χ1v) is 8.17. The average molecular weight is 317 g/mol. The van der Waals surface area contributed by atoms with Gasteiger partial charge < -0.3 is 10.2 Å². The van der Waals surface area contributed by atoms with E-state index in [9.17, 15) is 4.79 Å². The van der Waals surface area contributed by atoms with Crippen molar-refractivity contribution in [3.05, 3.63) is 40.9 Å². The standard InChI is InChI=1S/C17H23N3OS/c1-12(21)18-16-19-14(11-22-16)10-20(5)15-8-6-13(7-9-15)17(2,3)4/h6-9,11H,10H2,1-5H3,(H,18,19,21). The molecular weight excluding hydrogens is 294 g/mol. The highest BCUT2D eigenvalue weighted by atomic mass is 32.1. The van der Waals surface area contributed by atoms with E-state index in [1.54, 1.807) is 0 Å². The Morgan fingerprint density at radius 3 is 2.45 bits per heavy atom. The molecule has 1 aromatic heterocycles. The van der Waals surface area contributed by atoms with Crippen molar-refractivity contribution in [1.82, 2.24) is 4.98 Å². The predicted molar refractivity (Wildman–Crippen MR) is 93.7 cm³/mol. The Kier molecular flexibility index (Phi) is 4.86. The maximum absolute atomic E-state index is 11.0. The van der Waals surface area contributed by atoms with E-state index in [0.717, 1.165) is 11.4 Å². The molecule has 0 aliphatic heterocycles. The second-order valence-corrected chi connectivity index (χ2v) is 7.34. The highest BCUT2D eigenvalue weighted by molar-refractivity contribution is 7.13. The van der Waals surface area contributed by atoms with Gasteiger partial charge in [0, 0.05) is 25.0 Å². The Morgan fingerprint density at radius 1 is 1.27 bits per heavy atom. The Bertz CT molecular complexity index is 641. The number of carbonyl (C=O) groups excluding carboxylic acids is 1. The number of carbonyl (C=O) groups is 1. The molecule has 2 rings (SSSR count). The first-order chi connectivity index (χ1) is 10.3. The number of nitrogens with one attached hydrogen (secondary N) is 1. The Balaban J connectivity index is 2.04. The monoisotopic (exact) mass is 317 g/mol. The number of benzene rings is 1. The van der Waals surface area contributed by atoms with Crippen molar-refractivity contribution in [2.45, 2.75) is 39.7 Å². The zero-order valence-electron chi connectivity index (χ0n) is 13.8. The Morgan fingerprint density at radius 2 is 1.91 bits per heavy atom. The first kappa shape index (κ1) is 16.5. The molecule has 2 aromatic rings. The number of anilines is 2. The van der Waals surface area contributed by atoms with Crippen molar-refractivity contribution in [1.29, 1.82) is 0 Å². The summed E-state index contributed by atoms with van der Waals surface area (Å²) >= 11 is 1.45. The van der Waals surface area contributed by atoms with Crippen molar-refractivity contribution in [2.75, 3.05) is 17.3 Å². The third-order valence-electron chi connectivity index (χ3n) is 3.41. The molecule has 0 radical (unpaired) electrons. The number of hydrogen-bond donors (Lipinski definition) is 1. The minimum atomic E-state index is -0.0907. The van der Waals surface area contributed by atoms with E-state index in [-0.39, 0.29) is 11.3 Å². The van der Waals surface area contributed by atoms with Crippen LogP contribution in [-0.2, 0) is 16.8 Å². The van der Waals surface area contributed by atoms with Gasteiger partial charge >= 0.3 is 0 Å². The van der Waals surface area contributed by atoms with Crippen LogP contribution in [0.25, 0.3) is 0 Å². The fourth-order valence-corrected chi connectivity index (χ4v) is 2.89. The molecule has 1 N–H and O–H groups in total. The molecular formula is C17H23N3OS. The maximum Gasteiger partial charge on any atom is 0.223 e. The molecule has 1 heterocycles. The lowest BCUT2D eigenvalue weighted by Crippen LogP contribution is -2.17. The van der Waals surface area contributed by atoms with Gasteiger partial charge in [-0.2, -0.15) is 0 Å². The van der Waals surface area contributed by atoms with Crippen molar-refractivity contribution >= 4 is 28.1 Å². The van der Waals surface area contributed by atoms with Gasteiger partial charge in [0.2, 0.25) is 5.91 Å². The van der Waals surface area contributed by atoms with E-state index in [1.165, 1.54) is 23.8 Å². The van der Waals surface area contributed by atoms with Crippen LogP contribution in [-0.4, -0.2) is 17.9 Å². The smallest absolute Gasteiger partial charge is 0.223 e. The SMILES string of the molecule is CC(=O)Nc1nc(CN(C)c2ccc(C(C)(C)C)cc2)cs1. The fraction of sp³-hybridized carbons (Fsp3) is 0.412. The number of aromatic nitrogens is 1. The number of hydrogen-bond acceptors (Lipinski definition) is 4. The van der Waals surface area contributed by atoms with E-state index in [1.807, 2.05) is 12.4 Å². The summed E-state index contributed by atoms with van der Waals surface area (Å²) in [4.78, 5) is 17.6. The summed E-state index contributed by atoms with van der Waals surface area (Å²) in [6, 6.07) is 8.63. The Labute approximate surface area is 136 Å². The minimum Gasteiger partial charge on any atom is -0.369 e. The van der Waals surface area contributed by atoms with E-state index in [0.29, 0.717) is 11.7 Å². The summed E-state index contributed by atoms with van der Waals surface area (Å²) in [5.41, 5.74) is 3.60. The summed E-state index contributed by atoms with van der Waals surface area (Å²) in [5, 5.41) is 5.34. The molecule has 22 heavy (non-hydrogen) atoms. The second-order valence-electron chi connectivity index (χ2n) is 6.48. The second kappa shape index (κ2) is 6.48. The van der Waals surface area contributed by atoms with Gasteiger partial charge in [0.25, 0.3) is 0 Å². The van der Waals surface area contributed by atoms with Gasteiger partial charge in [-0.1, -0.05) is 32.9 Å². The molecule has 0 bridgehead atoms. The molecule has 0 aliphatic rings. The van der Waals surface area contributed by atoms with Gasteiger partial charge in [-0.15, -0.1) is 11.3 Å². The van der Waals surface area contributed by atoms with Crippen LogP contribution in [0.5, 0.6) is 0 Å². The van der Waals surface area contributed by atoms with Gasteiger partial charge in [-0.05, 0) is 23.1 Å². The molecule has 0 saturated carbocycles. The molecule has 118 valence electrons. The zero-order chi connectivity index (χ0) is 16.3. The lowest BCUT2D eigenvalue weighted by Gasteiger charge is -2.22. The summed E-state index contributed by atoms with van der Waals surface area (Å²) in [5.74, 6) is -0.0907. The van der Waals surface area contributed by atoms with Crippen molar-refractivity contribution in [2.24, 2.45) is 0 Å². The van der Waals surface area contributed by atoms with Crippen molar-refractivity contribution in [3.63, 3.8) is 0 Å². The van der Waals surface area contributed by atoms with Crippen LogP contribution in [0.4, 0.5) is 10.8 Å². The molecule has 5 heteroatoms. The van der Waals surface area contributed by atoms with Gasteiger partial charge in [0.1, 0.15) is 0 Å². The number of amides is 1. The van der Waals surface area contributed by atoms with Crippen LogP contribution >= 0.6 is 11.3 Å². The van der Waals surface area contributed by atoms with Crippen LogP contribution in [0.3, 0.4) is 0 Å². The summed E-state index contributed by atoms with van der Waals surface area (Å²) in [7, 11) is 2.05. The van der Waals surface area contributed by atoms with E-state index in [2.05, 4.69) is 60.2 Å². The zero-order valence-corrected chi connectivity index (χ0v) is 14.6. The van der Waals surface area contributed by atoms with Crippen molar-refractivity contribution < 1.29 is 4.79 Å². The van der Waals surface area contributed by atoms with E-state index in [4.69, 9.17) is 0 Å². The van der Waals surface area contributed by atoms with Gasteiger partial charge in [-0.3, -0.25) is 4.79 Å². The van der Waals surface area contributed by atoms with E-state index >= 15 is 0 Å². The quantitative estimate of drug-likeness (QED) is 0.926. The highest BCUT2D eigenvalue weighted by Gasteiger charge is 2.14. The summed E-state index contributed by atoms with van der Waals surface area (Å²) in [6.45, 7) is 8.84. The van der Waals surface area contributed by atoms with Gasteiger partial charge in [0.15, 0.2) is 5.13 Å². The van der Waals surface area contributed by atoms with Crippen molar-refractivity contribution in [3.8, 4) is 0 Å². The summed E-state index contributed by atoms with van der Waals surface area (Å²) in [6.07, 6.45) is 0. The lowest BCUT2D eigenvalue weighted by atomic mass is 9.87. The topological polar surface area (TPSA) is 45.2 Å². The van der Waals surface area contributed by atoms with Gasteiger partial charge in [0.05, 0.1) is 12.2 Å². The summed E-state index contributed by atoms with van der Waals surface area (Å²) < 4.78 is 0. The molecule has 0 atom stereocenters. The minimum absolute atomic E-state index is 0.0907. The van der Waals surface area contributed by atoms with Gasteiger partial charge in [-0.25, -0.2) is 4.98 Å². The van der Waals surface area contributed by atoms with Crippen LogP contribution in [0.1, 0.15) is 39.0 Å². The van der Waals surface area contributed by atoms with Crippen LogP contribution in [0.15, 0.2) is 29.6 Å². The highest BCUT2D eigenvalue weighted by Crippen LogP contribution is 2.25. The molecule has 1 aromatic carbocycles. The Hall–Kier alpha value is -1.88. The molecule has 4 nitrogen and oxygen atoms in total. The first-order valence-electron chi connectivity index (χ1n) is 7.29. The maximum atomic E-state index is 11.0. The molecule has 1 amide bonds. The third-order valence-corrected chi connectivity index (χ3v) is 4.21. The van der Waals surface area contributed by atoms with Crippen LogP contribution in [0.2, 0.25) is 0 Å². The predicted octanol–water partition coefficient (Wildman–Crippen LogP) is 4.04. The molecule has 0 saturated heterocycles. The fourth-order valence-electron chi connectivity index (χ4n) is 2.14. The average Bonchev–Trinajstić information content (AvgIpc) is 2.84. The third kappa shape index (κ3) is 4.31. The number of thiazole rings is 1. The molecule has 0 aliphatic carbocycles. The molecule has 0 unspecified atom stereocenters.